The van der Waals surface area contributed by atoms with Gasteiger partial charge in [0, 0.05) is 39.4 Å². The van der Waals surface area contributed by atoms with Gasteiger partial charge in [0.15, 0.2) is 0 Å². The molecule has 1 saturated heterocycles. The van der Waals surface area contributed by atoms with Crippen molar-refractivity contribution >= 4 is 17.6 Å². The Hall–Kier alpha value is -2.90. The SMILES string of the molecule is Cc1nn(C)cc1C(=O)N1CCCN(C(=O)c2cccc(N)n2)CC1. The Morgan fingerprint density at radius 2 is 1.76 bits per heavy atom. The summed E-state index contributed by atoms with van der Waals surface area (Å²) in [6.07, 6.45) is 2.46. The largest absolute Gasteiger partial charge is 0.384 e. The summed E-state index contributed by atoms with van der Waals surface area (Å²) >= 11 is 0. The van der Waals surface area contributed by atoms with Crippen LogP contribution in [0.4, 0.5) is 5.82 Å². The van der Waals surface area contributed by atoms with Crippen LogP contribution in [0.5, 0.6) is 0 Å². The minimum atomic E-state index is -0.154. The number of rotatable bonds is 2. The Kier molecular flexibility index (Phi) is 4.69. The zero-order valence-corrected chi connectivity index (χ0v) is 14.5. The van der Waals surface area contributed by atoms with Gasteiger partial charge >= 0.3 is 0 Å². The minimum absolute atomic E-state index is 0.0398. The molecular weight excluding hydrogens is 320 g/mol. The van der Waals surface area contributed by atoms with Gasteiger partial charge in [-0.1, -0.05) is 6.07 Å². The summed E-state index contributed by atoms with van der Waals surface area (Å²) in [5.41, 5.74) is 7.32. The summed E-state index contributed by atoms with van der Waals surface area (Å²) in [6, 6.07) is 5.02. The van der Waals surface area contributed by atoms with Crippen LogP contribution in [0.2, 0.25) is 0 Å². The monoisotopic (exact) mass is 342 g/mol. The minimum Gasteiger partial charge on any atom is -0.384 e. The predicted molar refractivity (Wildman–Crippen MR) is 93.0 cm³/mol. The van der Waals surface area contributed by atoms with Gasteiger partial charge in [-0.2, -0.15) is 5.10 Å². The molecule has 2 aromatic heterocycles. The Labute approximate surface area is 146 Å². The van der Waals surface area contributed by atoms with Crippen LogP contribution in [0.25, 0.3) is 0 Å². The van der Waals surface area contributed by atoms with Crippen LogP contribution in [-0.4, -0.2) is 62.6 Å². The molecular formula is C17H22N6O2. The van der Waals surface area contributed by atoms with E-state index in [9.17, 15) is 9.59 Å². The van der Waals surface area contributed by atoms with Crippen molar-refractivity contribution in [1.29, 1.82) is 0 Å². The lowest BCUT2D eigenvalue weighted by Gasteiger charge is -2.22. The van der Waals surface area contributed by atoms with E-state index in [1.54, 1.807) is 45.9 Å². The summed E-state index contributed by atoms with van der Waals surface area (Å²) in [7, 11) is 1.80. The molecule has 0 aromatic carbocycles. The fourth-order valence-corrected chi connectivity index (χ4v) is 3.04. The van der Waals surface area contributed by atoms with Crippen LogP contribution in [-0.2, 0) is 7.05 Å². The fraction of sp³-hybridized carbons (Fsp3) is 0.412. The third-order valence-electron chi connectivity index (χ3n) is 4.30. The van der Waals surface area contributed by atoms with Crippen molar-refractivity contribution in [2.45, 2.75) is 13.3 Å². The van der Waals surface area contributed by atoms with E-state index in [1.807, 2.05) is 6.92 Å². The molecule has 132 valence electrons. The van der Waals surface area contributed by atoms with Gasteiger partial charge in [-0.25, -0.2) is 4.98 Å². The van der Waals surface area contributed by atoms with Gasteiger partial charge in [0.2, 0.25) is 0 Å². The van der Waals surface area contributed by atoms with E-state index in [-0.39, 0.29) is 11.8 Å². The highest BCUT2D eigenvalue weighted by Crippen LogP contribution is 2.13. The summed E-state index contributed by atoms with van der Waals surface area (Å²) in [5.74, 6) is 0.130. The summed E-state index contributed by atoms with van der Waals surface area (Å²) in [6.45, 7) is 3.99. The molecule has 8 heteroatoms. The molecule has 0 spiro atoms. The molecule has 0 bridgehead atoms. The average molecular weight is 342 g/mol. The van der Waals surface area contributed by atoms with E-state index in [0.29, 0.717) is 48.9 Å². The molecule has 0 atom stereocenters. The number of carbonyl (C=O) groups is 2. The molecule has 0 aliphatic carbocycles. The van der Waals surface area contributed by atoms with Gasteiger partial charge in [-0.15, -0.1) is 0 Å². The number of hydrogen-bond donors (Lipinski definition) is 1. The Balaban J connectivity index is 1.69. The van der Waals surface area contributed by atoms with Crippen molar-refractivity contribution in [3.8, 4) is 0 Å². The number of aryl methyl sites for hydroxylation is 2. The lowest BCUT2D eigenvalue weighted by atomic mass is 10.2. The topological polar surface area (TPSA) is 97.4 Å². The van der Waals surface area contributed by atoms with Gasteiger partial charge in [0.25, 0.3) is 11.8 Å². The number of nitrogen functional groups attached to an aromatic ring is 1. The number of amides is 2. The molecule has 3 heterocycles. The third-order valence-corrected chi connectivity index (χ3v) is 4.30. The van der Waals surface area contributed by atoms with E-state index in [0.717, 1.165) is 6.42 Å². The number of pyridine rings is 1. The lowest BCUT2D eigenvalue weighted by Crippen LogP contribution is -2.37. The number of nitrogens with zero attached hydrogens (tertiary/aromatic N) is 5. The Bertz CT molecular complexity index is 800. The quantitative estimate of drug-likeness (QED) is 0.866. The van der Waals surface area contributed by atoms with Crippen LogP contribution < -0.4 is 5.73 Å². The highest BCUT2D eigenvalue weighted by molar-refractivity contribution is 5.95. The molecule has 1 aliphatic rings. The first-order valence-corrected chi connectivity index (χ1v) is 8.27. The smallest absolute Gasteiger partial charge is 0.272 e. The molecule has 1 aliphatic heterocycles. The maximum Gasteiger partial charge on any atom is 0.272 e. The molecule has 2 aromatic rings. The predicted octanol–water partition coefficient (Wildman–Crippen LogP) is 0.694. The first-order valence-electron chi connectivity index (χ1n) is 8.27. The van der Waals surface area contributed by atoms with Crippen molar-refractivity contribution in [3.63, 3.8) is 0 Å². The summed E-state index contributed by atoms with van der Waals surface area (Å²) in [4.78, 5) is 32.9. The molecule has 1 fully saturated rings. The maximum absolute atomic E-state index is 12.7. The zero-order valence-electron chi connectivity index (χ0n) is 14.5. The molecule has 0 unspecified atom stereocenters. The Morgan fingerprint density at radius 1 is 1.08 bits per heavy atom. The number of hydrogen-bond acceptors (Lipinski definition) is 5. The molecule has 25 heavy (non-hydrogen) atoms. The van der Waals surface area contributed by atoms with Crippen molar-refractivity contribution in [3.05, 3.63) is 41.3 Å². The van der Waals surface area contributed by atoms with Crippen LogP contribution in [0.1, 0.15) is 33.0 Å². The second kappa shape index (κ2) is 6.92. The molecule has 8 nitrogen and oxygen atoms in total. The van der Waals surface area contributed by atoms with Crippen LogP contribution in [0.3, 0.4) is 0 Å². The maximum atomic E-state index is 12.7. The van der Waals surface area contributed by atoms with Crippen molar-refractivity contribution in [1.82, 2.24) is 24.6 Å². The normalized spacial score (nSPS) is 15.1. The van der Waals surface area contributed by atoms with Crippen LogP contribution >= 0.6 is 0 Å². The van der Waals surface area contributed by atoms with Crippen molar-refractivity contribution in [2.75, 3.05) is 31.9 Å². The van der Waals surface area contributed by atoms with E-state index in [1.165, 1.54) is 0 Å². The average Bonchev–Trinajstić information content (AvgIpc) is 2.79. The first kappa shape index (κ1) is 16.9. The lowest BCUT2D eigenvalue weighted by molar-refractivity contribution is 0.0715. The Morgan fingerprint density at radius 3 is 2.36 bits per heavy atom. The number of nitrogens with two attached hydrogens (primary N) is 1. The standard InChI is InChI=1S/C17H22N6O2/c1-12-13(11-21(2)20-12)16(24)22-7-4-8-23(10-9-22)17(25)14-5-3-6-15(18)19-14/h3,5-6,11H,4,7-10H2,1-2H3,(H2,18,19). The third kappa shape index (κ3) is 3.62. The van der Waals surface area contributed by atoms with Gasteiger partial charge in [-0.3, -0.25) is 14.3 Å². The van der Waals surface area contributed by atoms with E-state index in [2.05, 4.69) is 10.1 Å². The van der Waals surface area contributed by atoms with Crippen LogP contribution in [0, 0.1) is 6.92 Å². The van der Waals surface area contributed by atoms with E-state index < -0.39 is 0 Å². The molecule has 0 radical (unpaired) electrons. The van der Waals surface area contributed by atoms with Gasteiger partial charge < -0.3 is 15.5 Å². The highest BCUT2D eigenvalue weighted by atomic mass is 16.2. The van der Waals surface area contributed by atoms with Crippen molar-refractivity contribution in [2.24, 2.45) is 7.05 Å². The van der Waals surface area contributed by atoms with Gasteiger partial charge in [-0.05, 0) is 25.5 Å². The van der Waals surface area contributed by atoms with Gasteiger partial charge in [0.05, 0.1) is 11.3 Å². The molecule has 3 rings (SSSR count). The molecule has 0 saturated carbocycles. The highest BCUT2D eigenvalue weighted by Gasteiger charge is 2.25. The number of carbonyl (C=O) groups excluding carboxylic acids is 2. The van der Waals surface area contributed by atoms with Gasteiger partial charge in [0.1, 0.15) is 11.5 Å². The molecule has 2 N–H and O–H groups in total. The second-order valence-corrected chi connectivity index (χ2v) is 6.19. The number of anilines is 1. The zero-order chi connectivity index (χ0) is 18.0. The second-order valence-electron chi connectivity index (χ2n) is 6.19. The summed E-state index contributed by atoms with van der Waals surface area (Å²) in [5, 5.41) is 4.23. The summed E-state index contributed by atoms with van der Waals surface area (Å²) < 4.78 is 1.64. The van der Waals surface area contributed by atoms with E-state index in [4.69, 9.17) is 5.73 Å². The van der Waals surface area contributed by atoms with Crippen molar-refractivity contribution < 1.29 is 9.59 Å². The van der Waals surface area contributed by atoms with Crippen LogP contribution in [0.15, 0.2) is 24.4 Å². The fourth-order valence-electron chi connectivity index (χ4n) is 3.04. The first-order chi connectivity index (χ1) is 12.0. The number of aromatic nitrogens is 3. The molecule has 2 amide bonds. The van der Waals surface area contributed by atoms with E-state index >= 15 is 0 Å².